The second-order valence-electron chi connectivity index (χ2n) is 5.53. The molecule has 136 valence electrons. The van der Waals surface area contributed by atoms with Crippen molar-refractivity contribution < 1.29 is 0 Å². The Hall–Kier alpha value is -2.88. The first kappa shape index (κ1) is 17.9. The van der Waals surface area contributed by atoms with Gasteiger partial charge in [0.1, 0.15) is 5.82 Å². The maximum atomic E-state index is 11.8. The topological polar surface area (TPSA) is 127 Å². The molecule has 0 saturated heterocycles. The molecular weight excluding hydrogens is 352 g/mol. The molecule has 3 aromatic rings. The first-order chi connectivity index (χ1) is 12.7. The molecule has 0 aliphatic rings. The lowest BCUT2D eigenvalue weighted by Gasteiger charge is -2.07. The third-order valence-corrected chi connectivity index (χ3v) is 4.49. The van der Waals surface area contributed by atoms with Crippen LogP contribution in [0.15, 0.2) is 40.3 Å². The number of anilines is 3. The molecule has 1 aromatic carbocycles. The van der Waals surface area contributed by atoms with Gasteiger partial charge in [-0.2, -0.15) is 15.0 Å². The largest absolute Gasteiger partial charge is 0.368 e. The van der Waals surface area contributed by atoms with Crippen LogP contribution in [-0.2, 0) is 12.3 Å². The van der Waals surface area contributed by atoms with Crippen LogP contribution < -0.4 is 16.7 Å². The third kappa shape index (κ3) is 4.60. The van der Waals surface area contributed by atoms with Gasteiger partial charge in [-0.05, 0) is 18.6 Å². The molecule has 0 aliphatic heterocycles. The number of nitrogens with one attached hydrogen (secondary N) is 2. The number of rotatable bonds is 8. The Labute approximate surface area is 154 Å². The molecule has 0 aliphatic carbocycles. The van der Waals surface area contributed by atoms with Crippen LogP contribution in [-0.4, -0.2) is 29.7 Å². The van der Waals surface area contributed by atoms with E-state index in [1.807, 2.05) is 30.3 Å². The monoisotopic (exact) mass is 372 g/mol. The van der Waals surface area contributed by atoms with E-state index in [1.165, 1.54) is 11.8 Å². The van der Waals surface area contributed by atoms with Crippen molar-refractivity contribution >= 4 is 29.3 Å². The van der Waals surface area contributed by atoms with E-state index < -0.39 is 0 Å². The minimum atomic E-state index is -0.206. The highest BCUT2D eigenvalue weighted by Gasteiger charge is 2.11. The molecule has 0 bridgehead atoms. The summed E-state index contributed by atoms with van der Waals surface area (Å²) in [6, 6.07) is 9.57. The SMILES string of the molecule is CCCCn1c(SCc2nc(N)nc(Nc3ccccc3)n2)n[nH]c1=O. The zero-order valence-electron chi connectivity index (χ0n) is 14.3. The Bertz CT molecular complexity index is 908. The van der Waals surface area contributed by atoms with E-state index in [9.17, 15) is 4.79 Å². The Morgan fingerprint density at radius 3 is 2.81 bits per heavy atom. The highest BCUT2D eigenvalue weighted by atomic mass is 32.2. The van der Waals surface area contributed by atoms with Crippen molar-refractivity contribution in [3.63, 3.8) is 0 Å². The summed E-state index contributed by atoms with van der Waals surface area (Å²) >= 11 is 1.38. The van der Waals surface area contributed by atoms with Gasteiger partial charge in [0, 0.05) is 12.2 Å². The van der Waals surface area contributed by atoms with E-state index in [-0.39, 0.29) is 11.6 Å². The average Bonchev–Trinajstić information content (AvgIpc) is 2.98. The van der Waals surface area contributed by atoms with Gasteiger partial charge in [0.15, 0.2) is 5.16 Å². The molecule has 0 amide bonds. The predicted molar refractivity (Wildman–Crippen MR) is 101 cm³/mol. The van der Waals surface area contributed by atoms with Gasteiger partial charge in [0.05, 0.1) is 5.75 Å². The number of nitrogens with two attached hydrogens (primary N) is 1. The number of benzene rings is 1. The number of para-hydroxylation sites is 1. The number of hydrogen-bond donors (Lipinski definition) is 3. The average molecular weight is 372 g/mol. The number of hydrogen-bond acceptors (Lipinski definition) is 8. The Kier molecular flexibility index (Phi) is 5.84. The van der Waals surface area contributed by atoms with Gasteiger partial charge in [-0.25, -0.2) is 9.89 Å². The van der Waals surface area contributed by atoms with Gasteiger partial charge in [0.25, 0.3) is 0 Å². The van der Waals surface area contributed by atoms with Crippen molar-refractivity contribution in [3.05, 3.63) is 46.6 Å². The molecule has 2 aromatic heterocycles. The van der Waals surface area contributed by atoms with E-state index in [0.29, 0.717) is 29.2 Å². The van der Waals surface area contributed by atoms with Gasteiger partial charge >= 0.3 is 5.69 Å². The molecular formula is C16H20N8OS. The lowest BCUT2D eigenvalue weighted by Crippen LogP contribution is -2.17. The van der Waals surface area contributed by atoms with Crippen molar-refractivity contribution in [3.8, 4) is 0 Å². The van der Waals surface area contributed by atoms with Crippen molar-refractivity contribution in [2.24, 2.45) is 0 Å². The van der Waals surface area contributed by atoms with Crippen molar-refractivity contribution in [2.45, 2.75) is 37.2 Å². The Morgan fingerprint density at radius 2 is 2.04 bits per heavy atom. The molecule has 0 atom stereocenters. The van der Waals surface area contributed by atoms with E-state index in [4.69, 9.17) is 5.73 Å². The fraction of sp³-hybridized carbons (Fsp3) is 0.312. The molecule has 0 fully saturated rings. The first-order valence-corrected chi connectivity index (χ1v) is 9.24. The maximum Gasteiger partial charge on any atom is 0.343 e. The summed E-state index contributed by atoms with van der Waals surface area (Å²) in [5, 5.41) is 10.3. The van der Waals surface area contributed by atoms with Crippen LogP contribution >= 0.6 is 11.8 Å². The number of H-pyrrole nitrogens is 1. The van der Waals surface area contributed by atoms with E-state index in [0.717, 1.165) is 18.5 Å². The Morgan fingerprint density at radius 1 is 1.23 bits per heavy atom. The molecule has 10 heteroatoms. The second-order valence-corrected chi connectivity index (χ2v) is 6.47. The highest BCUT2D eigenvalue weighted by Crippen LogP contribution is 2.20. The summed E-state index contributed by atoms with van der Waals surface area (Å²) in [5.41, 5.74) is 6.45. The number of thioether (sulfide) groups is 1. The molecule has 4 N–H and O–H groups in total. The van der Waals surface area contributed by atoms with Crippen LogP contribution in [0, 0.1) is 0 Å². The quantitative estimate of drug-likeness (QED) is 0.513. The Balaban J connectivity index is 1.71. The molecule has 26 heavy (non-hydrogen) atoms. The minimum absolute atomic E-state index is 0.138. The smallest absolute Gasteiger partial charge is 0.343 e. The standard InChI is InChI=1S/C16H20N8OS/c1-2-3-9-24-15(25)22-23-16(24)26-10-12-19-13(17)21-14(20-12)18-11-7-5-4-6-8-11/h4-8H,2-3,9-10H2,1H3,(H,22,25)(H3,17,18,19,20,21). The van der Waals surface area contributed by atoms with Crippen molar-refractivity contribution in [1.29, 1.82) is 0 Å². The second kappa shape index (κ2) is 8.48. The summed E-state index contributed by atoms with van der Waals surface area (Å²) in [7, 11) is 0. The van der Waals surface area contributed by atoms with Crippen LogP contribution in [0.1, 0.15) is 25.6 Å². The molecule has 3 rings (SSSR count). The van der Waals surface area contributed by atoms with Crippen molar-refractivity contribution in [1.82, 2.24) is 29.7 Å². The molecule has 0 spiro atoms. The van der Waals surface area contributed by atoms with Crippen LogP contribution in [0.4, 0.5) is 17.6 Å². The fourth-order valence-electron chi connectivity index (χ4n) is 2.26. The van der Waals surface area contributed by atoms with Gasteiger partial charge in [0.2, 0.25) is 11.9 Å². The summed E-state index contributed by atoms with van der Waals surface area (Å²) in [5.74, 6) is 1.45. The fourth-order valence-corrected chi connectivity index (χ4v) is 3.09. The van der Waals surface area contributed by atoms with Crippen LogP contribution in [0.25, 0.3) is 0 Å². The van der Waals surface area contributed by atoms with E-state index in [1.54, 1.807) is 4.57 Å². The van der Waals surface area contributed by atoms with E-state index in [2.05, 4.69) is 37.4 Å². The maximum absolute atomic E-state index is 11.8. The van der Waals surface area contributed by atoms with Crippen LogP contribution in [0.2, 0.25) is 0 Å². The number of nitrogen functional groups attached to an aromatic ring is 1. The number of aromatic nitrogens is 6. The van der Waals surface area contributed by atoms with Gasteiger partial charge in [-0.15, -0.1) is 5.10 Å². The zero-order valence-corrected chi connectivity index (χ0v) is 15.2. The lowest BCUT2D eigenvalue weighted by molar-refractivity contribution is 0.573. The van der Waals surface area contributed by atoms with Gasteiger partial charge < -0.3 is 11.1 Å². The first-order valence-electron chi connectivity index (χ1n) is 8.26. The molecule has 2 heterocycles. The summed E-state index contributed by atoms with van der Waals surface area (Å²) in [4.78, 5) is 24.5. The molecule has 0 saturated carbocycles. The van der Waals surface area contributed by atoms with E-state index >= 15 is 0 Å². The number of nitrogens with zero attached hydrogens (tertiary/aromatic N) is 5. The number of unbranched alkanes of at least 4 members (excludes halogenated alkanes) is 1. The number of aromatic amines is 1. The highest BCUT2D eigenvalue weighted by molar-refractivity contribution is 7.98. The van der Waals surface area contributed by atoms with Gasteiger partial charge in [-0.3, -0.25) is 4.57 Å². The third-order valence-electron chi connectivity index (χ3n) is 3.52. The molecule has 0 radical (unpaired) electrons. The molecule has 0 unspecified atom stereocenters. The summed E-state index contributed by atoms with van der Waals surface area (Å²) in [6.07, 6.45) is 1.91. The lowest BCUT2D eigenvalue weighted by atomic mass is 10.3. The normalized spacial score (nSPS) is 10.8. The zero-order chi connectivity index (χ0) is 18.4. The minimum Gasteiger partial charge on any atom is -0.368 e. The van der Waals surface area contributed by atoms with Crippen LogP contribution in [0.5, 0.6) is 0 Å². The summed E-state index contributed by atoms with van der Waals surface area (Å²) < 4.78 is 1.63. The molecule has 9 nitrogen and oxygen atoms in total. The summed E-state index contributed by atoms with van der Waals surface area (Å²) in [6.45, 7) is 2.71. The van der Waals surface area contributed by atoms with Gasteiger partial charge in [-0.1, -0.05) is 43.3 Å². The van der Waals surface area contributed by atoms with Crippen LogP contribution in [0.3, 0.4) is 0 Å². The predicted octanol–water partition coefficient (Wildman–Crippen LogP) is 2.17. The van der Waals surface area contributed by atoms with Crippen molar-refractivity contribution in [2.75, 3.05) is 11.1 Å².